The molecule has 0 spiro atoms. The largest absolute Gasteiger partial charge is 0.453 e. The second-order valence-corrected chi connectivity index (χ2v) is 9.47. The van der Waals surface area contributed by atoms with Crippen molar-refractivity contribution in [2.45, 2.75) is 0 Å². The van der Waals surface area contributed by atoms with Gasteiger partial charge in [0.1, 0.15) is 10.0 Å². The van der Waals surface area contributed by atoms with Crippen LogP contribution in [-0.2, 0) is 0 Å². The minimum atomic E-state index is -0.528. The molecule has 180 valence electrons. The van der Waals surface area contributed by atoms with Crippen LogP contribution in [0.4, 0.5) is 31.4 Å². The number of nitro groups is 2. The van der Waals surface area contributed by atoms with Crippen LogP contribution in [0.25, 0.3) is 0 Å². The Kier molecular flexibility index (Phi) is 5.79. The Hall–Kier alpha value is -4.82. The maximum Gasteiger partial charge on any atom is 0.326 e. The molecule has 4 aromatic rings. The smallest absolute Gasteiger partial charge is 0.326 e. The van der Waals surface area contributed by atoms with E-state index >= 15 is 0 Å². The highest BCUT2D eigenvalue weighted by atomic mass is 32.1. The third kappa shape index (κ3) is 4.57. The number of hydrogen-bond donors (Lipinski definition) is 3. The van der Waals surface area contributed by atoms with Gasteiger partial charge in [0.05, 0.1) is 21.2 Å². The number of thiophene rings is 2. The Labute approximate surface area is 209 Å². The van der Waals surface area contributed by atoms with Gasteiger partial charge in [-0.15, -0.1) is 0 Å². The van der Waals surface area contributed by atoms with Crippen molar-refractivity contribution in [1.29, 1.82) is 0 Å². The van der Waals surface area contributed by atoms with E-state index in [4.69, 9.17) is 4.74 Å². The van der Waals surface area contributed by atoms with E-state index in [1.807, 2.05) is 0 Å². The number of ether oxygens (including phenoxy) is 1. The van der Waals surface area contributed by atoms with Gasteiger partial charge >= 0.3 is 10.0 Å². The zero-order valence-corrected chi connectivity index (χ0v) is 19.5. The summed E-state index contributed by atoms with van der Waals surface area (Å²) >= 11 is 1.71. The van der Waals surface area contributed by atoms with Crippen LogP contribution >= 0.6 is 22.7 Å². The van der Waals surface area contributed by atoms with Gasteiger partial charge in [-0.25, -0.2) is 0 Å². The Morgan fingerprint density at radius 3 is 1.83 bits per heavy atom. The Bertz CT molecular complexity index is 1450. The van der Waals surface area contributed by atoms with Crippen LogP contribution in [0.5, 0.6) is 11.5 Å². The fourth-order valence-electron chi connectivity index (χ4n) is 3.33. The highest BCUT2D eigenvalue weighted by molar-refractivity contribution is 7.19. The molecule has 2 aromatic heterocycles. The quantitative estimate of drug-likeness (QED) is 0.180. The summed E-state index contributed by atoms with van der Waals surface area (Å²) in [6.07, 6.45) is 0. The van der Waals surface area contributed by atoms with Gasteiger partial charge in [0.15, 0.2) is 11.5 Å². The van der Waals surface area contributed by atoms with Gasteiger partial charge in [-0.05, 0) is 71.2 Å². The van der Waals surface area contributed by atoms with Gasteiger partial charge < -0.3 is 20.7 Å². The summed E-state index contributed by atoms with van der Waals surface area (Å²) in [5, 5.41) is 30.6. The number of rotatable bonds is 6. The highest BCUT2D eigenvalue weighted by Gasteiger charge is 2.21. The number of amides is 2. The number of hydrogen-bond acceptors (Lipinski definition) is 10. The second kappa shape index (κ2) is 9.09. The number of nitrogens with one attached hydrogen (secondary N) is 3. The molecule has 0 bridgehead atoms. The predicted octanol–water partition coefficient (Wildman–Crippen LogP) is 5.98. The minimum Gasteiger partial charge on any atom is -0.453 e. The molecule has 0 unspecified atom stereocenters. The van der Waals surface area contributed by atoms with E-state index in [1.165, 1.54) is 30.3 Å². The van der Waals surface area contributed by atoms with Gasteiger partial charge in [0.25, 0.3) is 11.8 Å². The summed E-state index contributed by atoms with van der Waals surface area (Å²) in [7, 11) is 0. The van der Waals surface area contributed by atoms with E-state index in [0.717, 1.165) is 22.7 Å². The number of nitrogens with zero attached hydrogens (tertiary/aromatic N) is 2. The number of carbonyl (C=O) groups excluding carboxylic acids is 2. The Balaban J connectivity index is 1.29. The Morgan fingerprint density at radius 1 is 0.722 bits per heavy atom. The molecule has 0 fully saturated rings. The first kappa shape index (κ1) is 22.9. The van der Waals surface area contributed by atoms with E-state index in [2.05, 4.69) is 16.0 Å². The zero-order valence-electron chi connectivity index (χ0n) is 17.8. The molecule has 5 rings (SSSR count). The molecule has 0 atom stereocenters. The van der Waals surface area contributed by atoms with E-state index in [0.29, 0.717) is 38.4 Å². The fraction of sp³-hybridized carbons (Fsp3) is 0. The first-order valence-corrected chi connectivity index (χ1v) is 11.7. The summed E-state index contributed by atoms with van der Waals surface area (Å²) in [5.74, 6) is -0.0830. The van der Waals surface area contributed by atoms with Crippen molar-refractivity contribution >= 4 is 65.9 Å². The van der Waals surface area contributed by atoms with Gasteiger partial charge in [0.2, 0.25) is 0 Å². The van der Waals surface area contributed by atoms with E-state index < -0.39 is 21.7 Å². The molecule has 0 saturated carbocycles. The van der Waals surface area contributed by atoms with Crippen molar-refractivity contribution in [3.05, 3.63) is 92.0 Å². The van der Waals surface area contributed by atoms with Crippen molar-refractivity contribution in [3.8, 4) is 11.5 Å². The van der Waals surface area contributed by atoms with Crippen molar-refractivity contribution < 1.29 is 24.2 Å². The van der Waals surface area contributed by atoms with Crippen LogP contribution in [0, 0.1) is 20.2 Å². The van der Waals surface area contributed by atoms with Gasteiger partial charge in [-0.3, -0.25) is 29.8 Å². The predicted molar refractivity (Wildman–Crippen MR) is 134 cm³/mol. The molecular formula is C22H13N5O7S2. The number of fused-ring (bicyclic) bond motifs is 2. The first-order valence-electron chi connectivity index (χ1n) is 10.1. The molecule has 3 N–H and O–H groups in total. The van der Waals surface area contributed by atoms with Crippen LogP contribution in [-0.4, -0.2) is 21.7 Å². The van der Waals surface area contributed by atoms with E-state index in [1.54, 1.807) is 30.3 Å². The van der Waals surface area contributed by atoms with Crippen LogP contribution in [0.2, 0.25) is 0 Å². The lowest BCUT2D eigenvalue weighted by atomic mass is 10.1. The molecule has 1 aliphatic heterocycles. The fourth-order valence-corrected chi connectivity index (χ4v) is 4.76. The Morgan fingerprint density at radius 2 is 1.28 bits per heavy atom. The highest BCUT2D eigenvalue weighted by Crippen LogP contribution is 2.43. The molecule has 2 aromatic carbocycles. The van der Waals surface area contributed by atoms with Crippen molar-refractivity contribution in [3.63, 3.8) is 0 Å². The lowest BCUT2D eigenvalue weighted by Gasteiger charge is -2.22. The van der Waals surface area contributed by atoms with Crippen LogP contribution in [0.3, 0.4) is 0 Å². The topological polar surface area (TPSA) is 166 Å². The monoisotopic (exact) mass is 523 g/mol. The average molecular weight is 524 g/mol. The molecule has 0 saturated heterocycles. The standard InChI is InChI=1S/C22H13N5O7S2/c28-21(24-17-5-7-19(35-17)26(30)31)11-2-4-15-14(9-11)23-13-3-1-12(10-16(13)34-15)22(29)25-18-6-8-20(36-18)27(32)33/h1-10,23H,(H,24,28)(H,25,29). The lowest BCUT2D eigenvalue weighted by Crippen LogP contribution is -2.13. The van der Waals surface area contributed by atoms with Crippen LogP contribution in [0.1, 0.15) is 20.7 Å². The molecule has 2 amide bonds. The molecule has 0 radical (unpaired) electrons. The first-order chi connectivity index (χ1) is 17.3. The lowest BCUT2D eigenvalue weighted by molar-refractivity contribution is -0.380. The van der Waals surface area contributed by atoms with Crippen LogP contribution < -0.4 is 20.7 Å². The molecule has 14 heteroatoms. The number of benzene rings is 2. The summed E-state index contributed by atoms with van der Waals surface area (Å²) in [6.45, 7) is 0. The van der Waals surface area contributed by atoms with Gasteiger partial charge in [-0.1, -0.05) is 0 Å². The maximum atomic E-state index is 12.6. The van der Waals surface area contributed by atoms with Gasteiger partial charge in [-0.2, -0.15) is 0 Å². The molecule has 3 heterocycles. The van der Waals surface area contributed by atoms with E-state index in [9.17, 15) is 29.8 Å². The molecule has 1 aliphatic rings. The molecule has 36 heavy (non-hydrogen) atoms. The summed E-state index contributed by atoms with van der Waals surface area (Å²) in [5.41, 5.74) is 1.69. The minimum absolute atomic E-state index is 0.0767. The third-order valence-corrected chi connectivity index (χ3v) is 6.90. The normalized spacial score (nSPS) is 11.3. The molecule has 0 aliphatic carbocycles. The molecular weight excluding hydrogens is 510 g/mol. The SMILES string of the molecule is O=C(Nc1ccc([N+](=O)[O-])s1)c1ccc2c(c1)Nc1ccc(C(=O)Nc3ccc([N+](=O)[O-])s3)cc1O2. The van der Waals surface area contributed by atoms with Gasteiger partial charge in [0, 0.05) is 23.3 Å². The van der Waals surface area contributed by atoms with Crippen LogP contribution in [0.15, 0.2) is 60.7 Å². The van der Waals surface area contributed by atoms with Crippen molar-refractivity contribution in [1.82, 2.24) is 0 Å². The van der Waals surface area contributed by atoms with E-state index in [-0.39, 0.29) is 15.6 Å². The average Bonchev–Trinajstić information content (AvgIpc) is 3.52. The number of carbonyl (C=O) groups is 2. The second-order valence-electron chi connectivity index (χ2n) is 7.35. The number of anilines is 4. The summed E-state index contributed by atoms with van der Waals surface area (Å²) in [4.78, 5) is 45.8. The maximum absolute atomic E-state index is 12.6. The van der Waals surface area contributed by atoms with Crippen molar-refractivity contribution in [2.24, 2.45) is 0 Å². The molecule has 12 nitrogen and oxygen atoms in total. The summed E-state index contributed by atoms with van der Waals surface area (Å²) < 4.78 is 5.90. The summed E-state index contributed by atoms with van der Waals surface area (Å²) in [6, 6.07) is 15.0. The zero-order chi connectivity index (χ0) is 25.4. The van der Waals surface area contributed by atoms with Crippen molar-refractivity contribution in [2.75, 3.05) is 16.0 Å². The third-order valence-electron chi connectivity index (χ3n) is 4.99.